The van der Waals surface area contributed by atoms with Crippen LogP contribution in [-0.2, 0) is 9.47 Å². The lowest BCUT2D eigenvalue weighted by molar-refractivity contribution is 0.0187. The third-order valence-corrected chi connectivity index (χ3v) is 4.96. The van der Waals surface area contributed by atoms with Crippen LogP contribution in [0.5, 0.6) is 0 Å². The summed E-state index contributed by atoms with van der Waals surface area (Å²) < 4.78 is 11.3. The molecule has 3 unspecified atom stereocenters. The summed E-state index contributed by atoms with van der Waals surface area (Å²) in [6, 6.07) is 0. The van der Waals surface area contributed by atoms with Crippen LogP contribution in [0, 0.1) is 17.3 Å². The van der Waals surface area contributed by atoms with E-state index in [2.05, 4.69) is 19.2 Å². The number of rotatable bonds is 9. The minimum atomic E-state index is 0.379. The Bertz CT molecular complexity index is 267. The summed E-state index contributed by atoms with van der Waals surface area (Å²) in [5, 5.41) is 3.61. The zero-order valence-electron chi connectivity index (χ0n) is 12.9. The second-order valence-electron chi connectivity index (χ2n) is 6.63. The zero-order valence-corrected chi connectivity index (χ0v) is 12.9. The predicted molar refractivity (Wildman–Crippen MR) is 78.3 cm³/mol. The average molecular weight is 269 g/mol. The van der Waals surface area contributed by atoms with Crippen molar-refractivity contribution in [3.8, 4) is 0 Å². The maximum absolute atomic E-state index is 6.12. The molecule has 0 radical (unpaired) electrons. The lowest BCUT2D eigenvalue weighted by atomic mass is 9.72. The van der Waals surface area contributed by atoms with Crippen molar-refractivity contribution in [1.82, 2.24) is 5.32 Å². The van der Waals surface area contributed by atoms with E-state index in [9.17, 15) is 0 Å². The fraction of sp³-hybridized carbons (Fsp3) is 1.00. The first kappa shape index (κ1) is 15.3. The molecule has 3 atom stereocenters. The smallest absolute Gasteiger partial charge is 0.0672 e. The first-order valence-electron chi connectivity index (χ1n) is 8.03. The van der Waals surface area contributed by atoms with Crippen LogP contribution in [0.25, 0.3) is 0 Å². The highest BCUT2D eigenvalue weighted by atomic mass is 16.5. The van der Waals surface area contributed by atoms with Gasteiger partial charge in [0, 0.05) is 32.2 Å². The topological polar surface area (TPSA) is 30.5 Å². The molecule has 2 fully saturated rings. The average Bonchev–Trinajstić information content (AvgIpc) is 3.17. The van der Waals surface area contributed by atoms with Crippen LogP contribution in [0.15, 0.2) is 0 Å². The Labute approximate surface area is 118 Å². The number of nitrogens with one attached hydrogen (secondary N) is 1. The summed E-state index contributed by atoms with van der Waals surface area (Å²) in [6.45, 7) is 8.51. The summed E-state index contributed by atoms with van der Waals surface area (Å²) >= 11 is 0. The van der Waals surface area contributed by atoms with Gasteiger partial charge in [0.2, 0.25) is 0 Å². The molecule has 0 bridgehead atoms. The molecule has 1 saturated heterocycles. The second kappa shape index (κ2) is 7.05. The van der Waals surface area contributed by atoms with Crippen LogP contribution in [0.3, 0.4) is 0 Å². The molecular formula is C16H31NO2. The van der Waals surface area contributed by atoms with Gasteiger partial charge in [0.25, 0.3) is 0 Å². The molecule has 1 heterocycles. The molecule has 1 saturated carbocycles. The van der Waals surface area contributed by atoms with E-state index in [1.165, 1.54) is 32.1 Å². The van der Waals surface area contributed by atoms with E-state index in [0.717, 1.165) is 38.1 Å². The third-order valence-electron chi connectivity index (χ3n) is 4.96. The Kier molecular flexibility index (Phi) is 5.67. The Morgan fingerprint density at radius 1 is 1.42 bits per heavy atom. The van der Waals surface area contributed by atoms with Crippen LogP contribution in [0.1, 0.15) is 46.0 Å². The Morgan fingerprint density at radius 3 is 2.84 bits per heavy atom. The van der Waals surface area contributed by atoms with E-state index >= 15 is 0 Å². The zero-order chi connectivity index (χ0) is 13.7. The molecule has 0 aromatic carbocycles. The van der Waals surface area contributed by atoms with Crippen molar-refractivity contribution in [3.05, 3.63) is 0 Å². The van der Waals surface area contributed by atoms with Gasteiger partial charge in [0.1, 0.15) is 0 Å². The molecule has 0 aromatic rings. The SMILES string of the molecule is CCC(C)CC1(CNCCOC)CCOC1C1CC1. The molecule has 2 aliphatic rings. The van der Waals surface area contributed by atoms with E-state index < -0.39 is 0 Å². The van der Waals surface area contributed by atoms with Gasteiger partial charge >= 0.3 is 0 Å². The van der Waals surface area contributed by atoms with Crippen molar-refractivity contribution in [2.75, 3.05) is 33.4 Å². The normalized spacial score (nSPS) is 32.7. The molecule has 112 valence electrons. The maximum Gasteiger partial charge on any atom is 0.0672 e. The molecule has 2 rings (SSSR count). The summed E-state index contributed by atoms with van der Waals surface area (Å²) in [5.74, 6) is 1.64. The molecule has 1 aliphatic heterocycles. The van der Waals surface area contributed by atoms with E-state index in [1.54, 1.807) is 7.11 Å². The third kappa shape index (κ3) is 3.93. The van der Waals surface area contributed by atoms with E-state index in [1.807, 2.05) is 0 Å². The van der Waals surface area contributed by atoms with Crippen LogP contribution in [0.2, 0.25) is 0 Å². The molecular weight excluding hydrogens is 238 g/mol. The summed E-state index contributed by atoms with van der Waals surface area (Å²) in [4.78, 5) is 0. The van der Waals surface area contributed by atoms with Gasteiger partial charge in [0.15, 0.2) is 0 Å². The minimum absolute atomic E-state index is 0.379. The van der Waals surface area contributed by atoms with Crippen LogP contribution in [-0.4, -0.2) is 39.5 Å². The van der Waals surface area contributed by atoms with Gasteiger partial charge in [0.05, 0.1) is 12.7 Å². The maximum atomic E-state index is 6.12. The van der Waals surface area contributed by atoms with Crippen LogP contribution < -0.4 is 5.32 Å². The summed E-state index contributed by atoms with van der Waals surface area (Å²) in [7, 11) is 1.77. The molecule has 3 nitrogen and oxygen atoms in total. The van der Waals surface area contributed by atoms with Crippen LogP contribution in [0.4, 0.5) is 0 Å². The van der Waals surface area contributed by atoms with Gasteiger partial charge < -0.3 is 14.8 Å². The van der Waals surface area contributed by atoms with Crippen molar-refractivity contribution >= 4 is 0 Å². The number of hydrogen-bond donors (Lipinski definition) is 1. The fourth-order valence-electron chi connectivity index (χ4n) is 3.57. The Morgan fingerprint density at radius 2 is 2.21 bits per heavy atom. The number of methoxy groups -OCH3 is 1. The second-order valence-corrected chi connectivity index (χ2v) is 6.63. The molecule has 0 spiro atoms. The molecule has 1 aliphatic carbocycles. The number of hydrogen-bond acceptors (Lipinski definition) is 3. The van der Waals surface area contributed by atoms with Gasteiger partial charge in [-0.3, -0.25) is 0 Å². The molecule has 19 heavy (non-hydrogen) atoms. The molecule has 1 N–H and O–H groups in total. The molecule has 3 heteroatoms. The van der Waals surface area contributed by atoms with Crippen molar-refractivity contribution in [1.29, 1.82) is 0 Å². The first-order chi connectivity index (χ1) is 9.22. The van der Waals surface area contributed by atoms with E-state index in [0.29, 0.717) is 11.5 Å². The van der Waals surface area contributed by atoms with Crippen molar-refractivity contribution in [3.63, 3.8) is 0 Å². The van der Waals surface area contributed by atoms with E-state index in [4.69, 9.17) is 9.47 Å². The standard InChI is InChI=1S/C16H31NO2/c1-4-13(2)11-16(12-17-8-10-18-3)7-9-19-15(16)14-5-6-14/h13-15,17H,4-12H2,1-3H3. The lowest BCUT2D eigenvalue weighted by Gasteiger charge is -2.37. The van der Waals surface area contributed by atoms with Crippen LogP contribution >= 0.6 is 0 Å². The fourth-order valence-corrected chi connectivity index (χ4v) is 3.57. The first-order valence-corrected chi connectivity index (χ1v) is 8.03. The highest BCUT2D eigenvalue weighted by molar-refractivity contribution is 5.01. The largest absolute Gasteiger partial charge is 0.383 e. The van der Waals surface area contributed by atoms with Gasteiger partial charge in [-0.1, -0.05) is 20.3 Å². The highest BCUT2D eigenvalue weighted by Crippen LogP contribution is 2.50. The minimum Gasteiger partial charge on any atom is -0.383 e. The quantitative estimate of drug-likeness (QED) is 0.653. The van der Waals surface area contributed by atoms with Crippen molar-refractivity contribution < 1.29 is 9.47 Å². The monoisotopic (exact) mass is 269 g/mol. The van der Waals surface area contributed by atoms with Gasteiger partial charge in [-0.2, -0.15) is 0 Å². The molecule has 0 aromatic heterocycles. The Balaban J connectivity index is 1.94. The van der Waals surface area contributed by atoms with Gasteiger partial charge in [-0.05, 0) is 37.5 Å². The van der Waals surface area contributed by atoms with Gasteiger partial charge in [-0.15, -0.1) is 0 Å². The lowest BCUT2D eigenvalue weighted by Crippen LogP contribution is -2.43. The number of ether oxygens (including phenoxy) is 2. The van der Waals surface area contributed by atoms with E-state index in [-0.39, 0.29) is 0 Å². The molecule has 0 amide bonds. The predicted octanol–water partition coefficient (Wildman–Crippen LogP) is 2.84. The van der Waals surface area contributed by atoms with Crippen molar-refractivity contribution in [2.45, 2.75) is 52.1 Å². The van der Waals surface area contributed by atoms with Gasteiger partial charge in [-0.25, -0.2) is 0 Å². The highest BCUT2D eigenvalue weighted by Gasteiger charge is 2.50. The summed E-state index contributed by atoms with van der Waals surface area (Å²) in [6.07, 6.45) is 7.09. The Hall–Kier alpha value is -0.120. The summed E-state index contributed by atoms with van der Waals surface area (Å²) in [5.41, 5.74) is 0.379. The van der Waals surface area contributed by atoms with Crippen molar-refractivity contribution in [2.24, 2.45) is 17.3 Å².